The molecular weight excluding hydrogens is 401 g/mol. The molecule has 2 aliphatic rings. The van der Waals surface area contributed by atoms with E-state index in [9.17, 15) is 0 Å². The van der Waals surface area contributed by atoms with Crippen molar-refractivity contribution in [3.8, 4) is 0 Å². The normalized spacial score (nSPS) is 17.2. The number of nitrogens with zero attached hydrogens (tertiary/aromatic N) is 5. The number of benzene rings is 2. The van der Waals surface area contributed by atoms with Crippen LogP contribution in [0.2, 0.25) is 0 Å². The van der Waals surface area contributed by atoms with E-state index in [1.807, 2.05) is 17.4 Å². The minimum atomic E-state index is -0.262. The lowest BCUT2D eigenvalue weighted by Gasteiger charge is -2.33. The zero-order chi connectivity index (χ0) is 21.9. The summed E-state index contributed by atoms with van der Waals surface area (Å²) >= 11 is 0. The topological polar surface area (TPSA) is 46.3 Å². The molecule has 3 heterocycles. The van der Waals surface area contributed by atoms with Crippen LogP contribution in [0.25, 0.3) is 16.7 Å². The van der Waals surface area contributed by atoms with Crippen LogP contribution in [-0.4, -0.2) is 26.1 Å². The Kier molecular flexibility index (Phi) is 4.46. The summed E-state index contributed by atoms with van der Waals surface area (Å²) in [4.78, 5) is 7.02. The number of anilines is 2. The highest BCUT2D eigenvalue weighted by molar-refractivity contribution is 5.94. The highest BCUT2D eigenvalue weighted by atomic mass is 19.1. The highest BCUT2D eigenvalue weighted by Gasteiger charge is 2.40. The lowest BCUT2D eigenvalue weighted by Crippen LogP contribution is -2.27. The summed E-state index contributed by atoms with van der Waals surface area (Å²) in [6, 6.07) is 11.8. The Bertz CT molecular complexity index is 1340. The van der Waals surface area contributed by atoms with Crippen LogP contribution in [0.3, 0.4) is 0 Å². The van der Waals surface area contributed by atoms with Crippen molar-refractivity contribution in [1.82, 2.24) is 19.6 Å². The number of rotatable bonds is 5. The van der Waals surface area contributed by atoms with E-state index in [-0.39, 0.29) is 5.82 Å². The first-order chi connectivity index (χ1) is 15.6. The average Bonchev–Trinajstić information content (AvgIpc) is 3.51. The summed E-state index contributed by atoms with van der Waals surface area (Å²) in [6.07, 6.45) is 8.50. The molecule has 0 unspecified atom stereocenters. The van der Waals surface area contributed by atoms with Crippen molar-refractivity contribution in [3.05, 3.63) is 59.2 Å². The van der Waals surface area contributed by atoms with Crippen LogP contribution in [0.4, 0.5) is 15.9 Å². The smallest absolute Gasteiger partial charge is 0.257 e. The van der Waals surface area contributed by atoms with Crippen LogP contribution in [0.5, 0.6) is 0 Å². The van der Waals surface area contributed by atoms with Crippen molar-refractivity contribution in [2.45, 2.75) is 58.8 Å². The molecule has 0 N–H and O–H groups in total. The SMILES string of the molecule is CCC1(CCc2cccc3c2CCCN3c2nc3nnc(C)n3c3cccc(F)c23)CC1. The van der Waals surface area contributed by atoms with Gasteiger partial charge in [0, 0.05) is 12.2 Å². The summed E-state index contributed by atoms with van der Waals surface area (Å²) in [7, 11) is 0. The Hall–Kier alpha value is -3.02. The van der Waals surface area contributed by atoms with Gasteiger partial charge in [-0.3, -0.25) is 4.40 Å². The fourth-order valence-corrected chi connectivity index (χ4v) is 5.48. The molecule has 1 fully saturated rings. The zero-order valence-corrected chi connectivity index (χ0v) is 18.7. The molecule has 0 saturated heterocycles. The molecule has 164 valence electrons. The molecule has 1 aliphatic carbocycles. The monoisotopic (exact) mass is 429 g/mol. The molecule has 5 nitrogen and oxygen atoms in total. The van der Waals surface area contributed by atoms with Crippen LogP contribution in [0, 0.1) is 18.2 Å². The van der Waals surface area contributed by atoms with Crippen LogP contribution in [-0.2, 0) is 12.8 Å². The molecule has 0 atom stereocenters. The third kappa shape index (κ3) is 2.99. The van der Waals surface area contributed by atoms with Crippen molar-refractivity contribution in [1.29, 1.82) is 0 Å². The highest BCUT2D eigenvalue weighted by Crippen LogP contribution is 2.52. The molecule has 0 bridgehead atoms. The van der Waals surface area contributed by atoms with Gasteiger partial charge >= 0.3 is 0 Å². The Morgan fingerprint density at radius 3 is 2.75 bits per heavy atom. The van der Waals surface area contributed by atoms with Crippen molar-refractivity contribution in [2.75, 3.05) is 11.4 Å². The van der Waals surface area contributed by atoms with E-state index in [0.717, 1.165) is 37.0 Å². The fraction of sp³-hybridized carbons (Fsp3) is 0.423. The van der Waals surface area contributed by atoms with Crippen molar-refractivity contribution in [2.24, 2.45) is 5.41 Å². The quantitative estimate of drug-likeness (QED) is 0.394. The van der Waals surface area contributed by atoms with Crippen molar-refractivity contribution < 1.29 is 4.39 Å². The second-order valence-corrected chi connectivity index (χ2v) is 9.48. The molecule has 1 saturated carbocycles. The van der Waals surface area contributed by atoms with Crippen LogP contribution in [0.15, 0.2) is 36.4 Å². The van der Waals surface area contributed by atoms with E-state index >= 15 is 4.39 Å². The first-order valence-electron chi connectivity index (χ1n) is 11.8. The van der Waals surface area contributed by atoms with Gasteiger partial charge < -0.3 is 4.90 Å². The van der Waals surface area contributed by atoms with E-state index < -0.39 is 0 Å². The van der Waals surface area contributed by atoms with Gasteiger partial charge in [0.1, 0.15) is 17.5 Å². The minimum Gasteiger partial charge on any atom is -0.325 e. The van der Waals surface area contributed by atoms with Gasteiger partial charge in [0.25, 0.3) is 5.78 Å². The van der Waals surface area contributed by atoms with Gasteiger partial charge in [-0.1, -0.05) is 31.5 Å². The predicted molar refractivity (Wildman–Crippen MR) is 125 cm³/mol. The molecule has 1 aliphatic heterocycles. The predicted octanol–water partition coefficient (Wildman–Crippen LogP) is 5.93. The molecule has 32 heavy (non-hydrogen) atoms. The Morgan fingerprint density at radius 2 is 1.94 bits per heavy atom. The van der Waals surface area contributed by atoms with Gasteiger partial charge in [0.05, 0.1) is 10.9 Å². The Morgan fingerprint density at radius 1 is 1.09 bits per heavy atom. The fourth-order valence-electron chi connectivity index (χ4n) is 5.48. The maximum atomic E-state index is 15.2. The summed E-state index contributed by atoms with van der Waals surface area (Å²) < 4.78 is 17.0. The second kappa shape index (κ2) is 7.26. The van der Waals surface area contributed by atoms with Crippen LogP contribution < -0.4 is 4.90 Å². The minimum absolute atomic E-state index is 0.262. The number of hydrogen-bond donors (Lipinski definition) is 0. The van der Waals surface area contributed by atoms with E-state index in [4.69, 9.17) is 4.98 Å². The molecule has 0 spiro atoms. The van der Waals surface area contributed by atoms with E-state index in [0.29, 0.717) is 28.2 Å². The number of halogens is 1. The molecule has 6 heteroatoms. The van der Waals surface area contributed by atoms with E-state index in [1.165, 1.54) is 42.9 Å². The standard InChI is InChI=1S/C26H28FN5/c1-3-26(14-15-26)13-12-18-7-4-10-21-19(18)8-6-16-31(21)24-23-20(27)9-5-11-22(23)32-17(2)29-30-25(32)28-24/h4-5,7,9-11H,3,6,8,12-16H2,1-2H3. The Labute approximate surface area is 187 Å². The van der Waals surface area contributed by atoms with E-state index in [2.05, 4.69) is 40.2 Å². The molecule has 0 radical (unpaired) electrons. The van der Waals surface area contributed by atoms with Gasteiger partial charge in [0.15, 0.2) is 0 Å². The maximum absolute atomic E-state index is 15.2. The molecule has 4 aromatic rings. The van der Waals surface area contributed by atoms with Gasteiger partial charge in [0.2, 0.25) is 0 Å². The van der Waals surface area contributed by atoms with E-state index in [1.54, 1.807) is 6.07 Å². The lowest BCUT2D eigenvalue weighted by molar-refractivity contribution is 0.449. The number of aryl methyl sites for hydroxylation is 2. The first-order valence-corrected chi connectivity index (χ1v) is 11.8. The van der Waals surface area contributed by atoms with Crippen LogP contribution >= 0.6 is 0 Å². The van der Waals surface area contributed by atoms with Crippen molar-refractivity contribution >= 4 is 28.2 Å². The van der Waals surface area contributed by atoms with Gasteiger partial charge in [-0.25, -0.2) is 4.39 Å². The number of hydrogen-bond acceptors (Lipinski definition) is 4. The summed E-state index contributed by atoms with van der Waals surface area (Å²) in [5.41, 5.74) is 5.34. The molecule has 2 aromatic heterocycles. The van der Waals surface area contributed by atoms with Gasteiger partial charge in [-0.15, -0.1) is 10.2 Å². The zero-order valence-electron chi connectivity index (χ0n) is 18.7. The number of fused-ring (bicyclic) bond motifs is 4. The lowest BCUT2D eigenvalue weighted by atomic mass is 9.89. The Balaban J connectivity index is 1.49. The molecular formula is C26H28FN5. The van der Waals surface area contributed by atoms with Crippen LogP contribution in [0.1, 0.15) is 56.0 Å². The first kappa shape index (κ1) is 19.6. The third-order valence-corrected chi connectivity index (χ3v) is 7.70. The van der Waals surface area contributed by atoms with Gasteiger partial charge in [-0.05, 0) is 80.2 Å². The largest absolute Gasteiger partial charge is 0.325 e. The number of aromatic nitrogens is 4. The third-order valence-electron chi connectivity index (χ3n) is 7.70. The van der Waals surface area contributed by atoms with Gasteiger partial charge in [-0.2, -0.15) is 4.98 Å². The van der Waals surface area contributed by atoms with Crippen molar-refractivity contribution in [3.63, 3.8) is 0 Å². The second-order valence-electron chi connectivity index (χ2n) is 9.48. The molecule has 6 rings (SSSR count). The average molecular weight is 430 g/mol. The summed E-state index contributed by atoms with van der Waals surface area (Å²) in [5, 5.41) is 8.98. The summed E-state index contributed by atoms with van der Waals surface area (Å²) in [6.45, 7) is 5.01. The molecule has 2 aromatic carbocycles. The maximum Gasteiger partial charge on any atom is 0.257 e. The summed E-state index contributed by atoms with van der Waals surface area (Å²) in [5.74, 6) is 1.60. The molecule has 0 amide bonds.